The van der Waals surface area contributed by atoms with E-state index < -0.39 is 65.2 Å². The molecule has 0 aromatic heterocycles. The van der Waals surface area contributed by atoms with Gasteiger partial charge in [0.05, 0.1) is 34.4 Å². The van der Waals surface area contributed by atoms with Crippen molar-refractivity contribution < 1.29 is 33.3 Å². The molecule has 2 aromatic rings. The maximum Gasteiger partial charge on any atom is 0.237 e. The standard InChI is InChI=1S/C27H31Cl2F2N3O5.ClH/c1-26(2,39-3)11-21-27(15-9-19(31)17(29)10-20(15)33-25(27)38)22(13-4-5-18(30)16(28)8-13)23(34-21)24(37)32-7-6-14(36)12-35;/h4-5,8-10,14,21-23,34-36H,6-7,11-12H2,1-3H3,(H,32,37)(H,33,38);1H/t14-,21+,22-,23+,27-;/m0./s1. The van der Waals surface area contributed by atoms with E-state index in [1.165, 1.54) is 31.4 Å². The smallest absolute Gasteiger partial charge is 0.237 e. The fourth-order valence-corrected chi connectivity index (χ4v) is 6.02. The highest BCUT2D eigenvalue weighted by molar-refractivity contribution is 6.31. The molecule has 5 atom stereocenters. The summed E-state index contributed by atoms with van der Waals surface area (Å²) < 4.78 is 34.8. The van der Waals surface area contributed by atoms with Crippen LogP contribution in [-0.2, 0) is 19.7 Å². The largest absolute Gasteiger partial charge is 0.394 e. The maximum atomic E-state index is 14.9. The molecule has 8 nitrogen and oxygen atoms in total. The van der Waals surface area contributed by atoms with Crippen molar-refractivity contribution in [3.05, 3.63) is 63.1 Å². The lowest BCUT2D eigenvalue weighted by molar-refractivity contribution is -0.124. The van der Waals surface area contributed by atoms with Crippen LogP contribution in [0.2, 0.25) is 10.0 Å². The number of carbonyl (C=O) groups is 2. The molecule has 40 heavy (non-hydrogen) atoms. The summed E-state index contributed by atoms with van der Waals surface area (Å²) in [5, 5.41) is 27.3. The van der Waals surface area contributed by atoms with E-state index in [4.69, 9.17) is 33.0 Å². The van der Waals surface area contributed by atoms with Gasteiger partial charge in [0.2, 0.25) is 11.8 Å². The van der Waals surface area contributed by atoms with Gasteiger partial charge in [-0.1, -0.05) is 29.3 Å². The Morgan fingerprint density at radius 1 is 1.20 bits per heavy atom. The minimum Gasteiger partial charge on any atom is -0.394 e. The van der Waals surface area contributed by atoms with E-state index in [0.29, 0.717) is 16.8 Å². The van der Waals surface area contributed by atoms with Gasteiger partial charge in [0.25, 0.3) is 0 Å². The Morgan fingerprint density at radius 3 is 2.50 bits per heavy atom. The predicted octanol–water partition coefficient (Wildman–Crippen LogP) is 3.68. The van der Waals surface area contributed by atoms with Gasteiger partial charge in [-0.2, -0.15) is 0 Å². The summed E-state index contributed by atoms with van der Waals surface area (Å²) in [6.45, 7) is 3.23. The highest BCUT2D eigenvalue weighted by Crippen LogP contribution is 2.56. The van der Waals surface area contributed by atoms with Crippen LogP contribution in [0.4, 0.5) is 14.5 Å². The topological polar surface area (TPSA) is 120 Å². The number of fused-ring (bicyclic) bond motifs is 2. The van der Waals surface area contributed by atoms with Gasteiger partial charge < -0.3 is 30.9 Å². The monoisotopic (exact) mass is 621 g/mol. The van der Waals surface area contributed by atoms with E-state index in [2.05, 4.69) is 16.0 Å². The number of benzene rings is 2. The van der Waals surface area contributed by atoms with Gasteiger partial charge in [-0.05, 0) is 62.1 Å². The Hall–Kier alpha value is -2.05. The zero-order chi connectivity index (χ0) is 28.7. The fourth-order valence-electron chi connectivity index (χ4n) is 5.67. The summed E-state index contributed by atoms with van der Waals surface area (Å²) in [7, 11) is 1.53. The number of aliphatic hydroxyl groups is 2. The van der Waals surface area contributed by atoms with Crippen LogP contribution in [0.25, 0.3) is 0 Å². The predicted molar refractivity (Wildman–Crippen MR) is 150 cm³/mol. The van der Waals surface area contributed by atoms with Gasteiger partial charge >= 0.3 is 0 Å². The van der Waals surface area contributed by atoms with Crippen LogP contribution in [0.5, 0.6) is 0 Å². The van der Waals surface area contributed by atoms with E-state index in [9.17, 15) is 23.5 Å². The summed E-state index contributed by atoms with van der Waals surface area (Å²) in [5.41, 5.74) is -1.31. The number of aliphatic hydroxyl groups excluding tert-OH is 2. The molecular formula is C27H32Cl3F2N3O5. The highest BCUT2D eigenvalue weighted by atomic mass is 35.5. The molecule has 0 saturated carbocycles. The number of rotatable bonds is 9. The first-order chi connectivity index (χ1) is 18.3. The third-order valence-corrected chi connectivity index (χ3v) is 8.28. The second-order valence-corrected chi connectivity index (χ2v) is 11.4. The lowest BCUT2D eigenvalue weighted by Crippen LogP contribution is -2.51. The molecule has 5 N–H and O–H groups in total. The van der Waals surface area contributed by atoms with Crippen molar-refractivity contribution in [3.63, 3.8) is 0 Å². The Bertz CT molecular complexity index is 1280. The van der Waals surface area contributed by atoms with Gasteiger partial charge in [-0.3, -0.25) is 9.59 Å². The van der Waals surface area contributed by atoms with E-state index >= 15 is 0 Å². The molecule has 4 rings (SSSR count). The first-order valence-electron chi connectivity index (χ1n) is 12.5. The molecule has 0 bridgehead atoms. The molecule has 0 radical (unpaired) electrons. The van der Waals surface area contributed by atoms with E-state index in [-0.39, 0.29) is 41.8 Å². The van der Waals surface area contributed by atoms with E-state index in [1.807, 2.05) is 13.8 Å². The molecule has 1 saturated heterocycles. The van der Waals surface area contributed by atoms with Crippen LogP contribution < -0.4 is 16.0 Å². The molecular weight excluding hydrogens is 591 g/mol. The third-order valence-electron chi connectivity index (χ3n) is 7.71. The normalized spacial score (nSPS) is 24.4. The maximum absolute atomic E-state index is 14.9. The number of hydrogen-bond donors (Lipinski definition) is 5. The molecule has 2 aliphatic heterocycles. The van der Waals surface area contributed by atoms with Crippen molar-refractivity contribution in [2.24, 2.45) is 0 Å². The average molecular weight is 623 g/mol. The SMILES string of the molecule is COC(C)(C)C[C@H]1N[C@@H](C(=O)NCC[C@H](O)CO)[C@H](c2ccc(F)c(Cl)c2)[C@@]12C(=O)Nc1cc(Cl)c(F)cc12.Cl. The number of anilines is 1. The van der Waals surface area contributed by atoms with Gasteiger partial charge in [-0.25, -0.2) is 8.78 Å². The summed E-state index contributed by atoms with van der Waals surface area (Å²) in [5.74, 6) is -3.36. The van der Waals surface area contributed by atoms with Gasteiger partial charge in [-0.15, -0.1) is 12.4 Å². The molecule has 1 fully saturated rings. The first kappa shape index (κ1) is 32.5. The molecule has 0 unspecified atom stereocenters. The zero-order valence-corrected chi connectivity index (χ0v) is 24.4. The third kappa shape index (κ3) is 5.81. The molecule has 2 amide bonds. The summed E-state index contributed by atoms with van der Waals surface area (Å²) in [6, 6.07) is 4.69. The molecule has 220 valence electrons. The van der Waals surface area contributed by atoms with Gasteiger partial charge in [0, 0.05) is 31.3 Å². The molecule has 1 spiro atoms. The van der Waals surface area contributed by atoms with Crippen molar-refractivity contribution in [2.45, 2.75) is 61.8 Å². The average Bonchev–Trinajstić information content (AvgIpc) is 3.36. The Balaban J connectivity index is 0.00000441. The number of nitrogens with one attached hydrogen (secondary N) is 3. The molecule has 2 aliphatic rings. The Labute approximate surface area is 247 Å². The van der Waals surface area contributed by atoms with Crippen LogP contribution in [0.1, 0.15) is 43.7 Å². The molecule has 13 heteroatoms. The Kier molecular flexibility index (Phi) is 10.1. The van der Waals surface area contributed by atoms with Crippen LogP contribution >= 0.6 is 35.6 Å². The lowest BCUT2D eigenvalue weighted by atomic mass is 9.63. The van der Waals surface area contributed by atoms with Crippen LogP contribution in [0, 0.1) is 11.6 Å². The number of halogens is 5. The van der Waals surface area contributed by atoms with E-state index in [0.717, 1.165) is 6.07 Å². The summed E-state index contributed by atoms with van der Waals surface area (Å²) >= 11 is 12.2. The minimum atomic E-state index is -1.54. The molecule has 2 heterocycles. The van der Waals surface area contributed by atoms with Crippen molar-refractivity contribution >= 4 is 53.1 Å². The Morgan fingerprint density at radius 2 is 1.88 bits per heavy atom. The number of carbonyl (C=O) groups excluding carboxylic acids is 2. The highest BCUT2D eigenvalue weighted by Gasteiger charge is 2.66. The summed E-state index contributed by atoms with van der Waals surface area (Å²) in [6.07, 6.45) is -0.686. The summed E-state index contributed by atoms with van der Waals surface area (Å²) in [4.78, 5) is 27.7. The quantitative estimate of drug-likeness (QED) is 0.291. The first-order valence-corrected chi connectivity index (χ1v) is 13.2. The van der Waals surface area contributed by atoms with Gasteiger partial charge in [0.15, 0.2) is 0 Å². The fraction of sp³-hybridized carbons (Fsp3) is 0.481. The number of methoxy groups -OCH3 is 1. The van der Waals surface area contributed by atoms with Crippen LogP contribution in [-0.4, -0.2) is 66.1 Å². The van der Waals surface area contributed by atoms with Crippen molar-refractivity contribution in [2.75, 3.05) is 25.6 Å². The molecule has 2 aromatic carbocycles. The van der Waals surface area contributed by atoms with E-state index in [1.54, 1.807) is 0 Å². The second kappa shape index (κ2) is 12.4. The molecule has 0 aliphatic carbocycles. The lowest BCUT2D eigenvalue weighted by Gasteiger charge is -2.38. The zero-order valence-electron chi connectivity index (χ0n) is 22.1. The van der Waals surface area contributed by atoms with Crippen molar-refractivity contribution in [1.29, 1.82) is 0 Å². The second-order valence-electron chi connectivity index (χ2n) is 10.6. The van der Waals surface area contributed by atoms with Gasteiger partial charge in [0.1, 0.15) is 17.0 Å². The number of amides is 2. The van der Waals surface area contributed by atoms with Crippen molar-refractivity contribution in [1.82, 2.24) is 10.6 Å². The van der Waals surface area contributed by atoms with Crippen LogP contribution in [0.15, 0.2) is 30.3 Å². The minimum absolute atomic E-state index is 0. The van der Waals surface area contributed by atoms with Crippen molar-refractivity contribution in [3.8, 4) is 0 Å². The van der Waals surface area contributed by atoms with Crippen LogP contribution in [0.3, 0.4) is 0 Å². The number of hydrogen-bond acceptors (Lipinski definition) is 6. The number of ether oxygens (including phenoxy) is 1.